The van der Waals surface area contributed by atoms with Gasteiger partial charge in [0.25, 0.3) is 0 Å². The fourth-order valence-corrected chi connectivity index (χ4v) is 0.862. The summed E-state index contributed by atoms with van der Waals surface area (Å²) in [5, 5.41) is 0. The van der Waals surface area contributed by atoms with Crippen molar-refractivity contribution in [3.05, 3.63) is 25.4 Å². The molecule has 1 saturated heterocycles. The van der Waals surface area contributed by atoms with Crippen molar-refractivity contribution in [1.82, 2.24) is 4.90 Å². The number of hydrogen-bond acceptors (Lipinski definition) is 1. The first kappa shape index (κ1) is 9.95. The van der Waals surface area contributed by atoms with Crippen molar-refractivity contribution in [3.63, 3.8) is 0 Å². The largest absolute Gasteiger partial charge is 0.320 e. The van der Waals surface area contributed by atoms with Gasteiger partial charge in [-0.1, -0.05) is 12.7 Å². The minimum atomic E-state index is 0.208. The number of hydrogen-bond donors (Lipinski definition) is 0. The number of likely N-dealkylation sites (tertiary alicyclic amines) is 1. The molecular formula is C9H15NO. The summed E-state index contributed by atoms with van der Waals surface area (Å²) >= 11 is 0. The maximum atomic E-state index is 10.7. The van der Waals surface area contributed by atoms with Crippen LogP contribution in [0, 0.1) is 0 Å². The Morgan fingerprint density at radius 3 is 2.27 bits per heavy atom. The van der Waals surface area contributed by atoms with Crippen molar-refractivity contribution in [1.29, 1.82) is 0 Å². The van der Waals surface area contributed by atoms with E-state index in [1.54, 1.807) is 17.2 Å². The fourth-order valence-electron chi connectivity index (χ4n) is 0.862. The summed E-state index contributed by atoms with van der Waals surface area (Å²) in [4.78, 5) is 12.3. The van der Waals surface area contributed by atoms with Crippen LogP contribution < -0.4 is 0 Å². The molecule has 1 amide bonds. The molecule has 1 heterocycles. The molecule has 1 aliphatic heterocycles. The van der Waals surface area contributed by atoms with Crippen molar-refractivity contribution < 1.29 is 4.79 Å². The van der Waals surface area contributed by atoms with Gasteiger partial charge in [0, 0.05) is 13.0 Å². The van der Waals surface area contributed by atoms with Gasteiger partial charge in [-0.3, -0.25) is 4.79 Å². The van der Waals surface area contributed by atoms with Gasteiger partial charge in [0.2, 0.25) is 5.91 Å². The van der Waals surface area contributed by atoms with Crippen LogP contribution in [0.1, 0.15) is 19.8 Å². The third-order valence-electron chi connectivity index (χ3n) is 1.33. The lowest BCUT2D eigenvalue weighted by molar-refractivity contribution is -0.125. The van der Waals surface area contributed by atoms with Gasteiger partial charge in [0.15, 0.2) is 0 Å². The van der Waals surface area contributed by atoms with Crippen molar-refractivity contribution >= 4 is 5.91 Å². The average molecular weight is 153 g/mol. The molecule has 2 heteroatoms. The predicted octanol–water partition coefficient (Wildman–Crippen LogP) is 1.94. The molecule has 0 saturated carbocycles. The van der Waals surface area contributed by atoms with Gasteiger partial charge in [0.05, 0.1) is 0 Å². The summed E-state index contributed by atoms with van der Waals surface area (Å²) < 4.78 is 0. The van der Waals surface area contributed by atoms with E-state index >= 15 is 0 Å². The van der Waals surface area contributed by atoms with Crippen molar-refractivity contribution in [2.75, 3.05) is 6.54 Å². The van der Waals surface area contributed by atoms with Gasteiger partial charge in [-0.25, -0.2) is 0 Å². The van der Waals surface area contributed by atoms with Gasteiger partial charge in [-0.15, -0.1) is 6.58 Å². The maximum Gasteiger partial charge on any atom is 0.226 e. The molecule has 0 atom stereocenters. The van der Waals surface area contributed by atoms with Gasteiger partial charge >= 0.3 is 0 Å². The highest BCUT2D eigenvalue weighted by atomic mass is 16.2. The molecule has 1 aliphatic rings. The van der Waals surface area contributed by atoms with Gasteiger partial charge in [-0.2, -0.15) is 0 Å². The van der Waals surface area contributed by atoms with Crippen LogP contribution in [-0.2, 0) is 4.79 Å². The van der Waals surface area contributed by atoms with Crippen molar-refractivity contribution in [2.24, 2.45) is 0 Å². The highest BCUT2D eigenvalue weighted by Gasteiger charge is 2.15. The summed E-state index contributed by atoms with van der Waals surface area (Å²) in [7, 11) is 0. The Labute approximate surface area is 68.2 Å². The first-order chi connectivity index (χ1) is 5.26. The van der Waals surface area contributed by atoms with Crippen LogP contribution >= 0.6 is 0 Å². The number of amides is 1. The molecule has 0 aliphatic carbocycles. The Morgan fingerprint density at radius 1 is 1.55 bits per heavy atom. The van der Waals surface area contributed by atoms with Crippen molar-refractivity contribution in [2.45, 2.75) is 19.8 Å². The molecule has 62 valence electrons. The van der Waals surface area contributed by atoms with E-state index in [1.165, 1.54) is 0 Å². The third-order valence-corrected chi connectivity index (χ3v) is 1.33. The summed E-state index contributed by atoms with van der Waals surface area (Å²) in [5.41, 5.74) is 0. The van der Waals surface area contributed by atoms with E-state index in [1.807, 2.05) is 6.92 Å². The van der Waals surface area contributed by atoms with E-state index in [4.69, 9.17) is 0 Å². The zero-order valence-corrected chi connectivity index (χ0v) is 7.05. The third kappa shape index (κ3) is 3.61. The minimum Gasteiger partial charge on any atom is -0.320 e. The highest BCUT2D eigenvalue weighted by Crippen LogP contribution is 2.08. The molecule has 0 spiro atoms. The first-order valence-electron chi connectivity index (χ1n) is 3.75. The second kappa shape index (κ2) is 5.71. The van der Waals surface area contributed by atoms with E-state index in [0.29, 0.717) is 6.42 Å². The Morgan fingerprint density at radius 2 is 2.09 bits per heavy atom. The lowest BCUT2D eigenvalue weighted by Crippen LogP contribution is -2.16. The van der Waals surface area contributed by atoms with E-state index in [-0.39, 0.29) is 5.91 Å². The average Bonchev–Trinajstić information content (AvgIpc) is 2.36. The Hall–Kier alpha value is -1.05. The van der Waals surface area contributed by atoms with E-state index in [0.717, 1.165) is 13.0 Å². The van der Waals surface area contributed by atoms with Crippen LogP contribution in [0.4, 0.5) is 0 Å². The minimum absolute atomic E-state index is 0.208. The smallest absolute Gasteiger partial charge is 0.226 e. The predicted molar refractivity (Wildman–Crippen MR) is 47.0 cm³/mol. The van der Waals surface area contributed by atoms with Crippen LogP contribution in [-0.4, -0.2) is 17.4 Å². The molecule has 0 aromatic carbocycles. The monoisotopic (exact) mass is 153 g/mol. The SMILES string of the molecule is C=CC.C=CN1CCCC1=O. The number of allylic oxidation sites excluding steroid dienone is 1. The lowest BCUT2D eigenvalue weighted by atomic mass is 10.4. The van der Waals surface area contributed by atoms with Crippen LogP contribution in [0.25, 0.3) is 0 Å². The van der Waals surface area contributed by atoms with Crippen LogP contribution in [0.15, 0.2) is 25.4 Å². The second-order valence-corrected chi connectivity index (χ2v) is 2.28. The Balaban J connectivity index is 0.000000292. The van der Waals surface area contributed by atoms with Gasteiger partial charge in [-0.05, 0) is 19.5 Å². The Kier molecular flexibility index (Phi) is 5.17. The topological polar surface area (TPSA) is 20.3 Å². The number of nitrogens with zero attached hydrogens (tertiary/aromatic N) is 1. The molecule has 0 N–H and O–H groups in total. The molecule has 0 aromatic heterocycles. The molecule has 1 rings (SSSR count). The summed E-state index contributed by atoms with van der Waals surface area (Å²) in [6.45, 7) is 9.61. The van der Waals surface area contributed by atoms with Gasteiger partial charge < -0.3 is 4.90 Å². The summed E-state index contributed by atoms with van der Waals surface area (Å²) in [5.74, 6) is 0.208. The molecule has 0 unspecified atom stereocenters. The number of carbonyl (C=O) groups is 1. The standard InChI is InChI=1S/C6H9NO.C3H6/c1-2-7-5-3-4-6(7)8;1-3-2/h2H,1,3-5H2;3H,1H2,2H3. The lowest BCUT2D eigenvalue weighted by Gasteiger charge is -2.05. The maximum absolute atomic E-state index is 10.7. The summed E-state index contributed by atoms with van der Waals surface area (Å²) in [6.07, 6.45) is 5.03. The fraction of sp³-hybridized carbons (Fsp3) is 0.444. The van der Waals surface area contributed by atoms with E-state index < -0.39 is 0 Å². The van der Waals surface area contributed by atoms with Crippen molar-refractivity contribution in [3.8, 4) is 0 Å². The first-order valence-corrected chi connectivity index (χ1v) is 3.75. The normalized spacial score (nSPS) is 15.4. The zero-order chi connectivity index (χ0) is 8.69. The zero-order valence-electron chi connectivity index (χ0n) is 7.05. The molecule has 2 nitrogen and oxygen atoms in total. The highest BCUT2D eigenvalue weighted by molar-refractivity contribution is 5.78. The molecule has 0 radical (unpaired) electrons. The summed E-state index contributed by atoms with van der Waals surface area (Å²) in [6, 6.07) is 0. The van der Waals surface area contributed by atoms with Crippen LogP contribution in [0.5, 0.6) is 0 Å². The number of rotatable bonds is 1. The van der Waals surface area contributed by atoms with Gasteiger partial charge in [0.1, 0.15) is 0 Å². The molecule has 1 fully saturated rings. The van der Waals surface area contributed by atoms with Crippen LogP contribution in [0.2, 0.25) is 0 Å². The molecule has 11 heavy (non-hydrogen) atoms. The second-order valence-electron chi connectivity index (χ2n) is 2.28. The van der Waals surface area contributed by atoms with Crippen LogP contribution in [0.3, 0.4) is 0 Å². The number of carbonyl (C=O) groups excluding carboxylic acids is 1. The molecular weight excluding hydrogens is 138 g/mol. The van der Waals surface area contributed by atoms with E-state index in [2.05, 4.69) is 13.2 Å². The van der Waals surface area contributed by atoms with E-state index in [9.17, 15) is 4.79 Å². The quantitative estimate of drug-likeness (QED) is 0.527. The molecule has 0 bridgehead atoms. The Bertz CT molecular complexity index is 152. The molecule has 0 aromatic rings.